The van der Waals surface area contributed by atoms with E-state index in [9.17, 15) is 22.8 Å². The number of amides is 2. The molecule has 0 bridgehead atoms. The molecule has 8 heteroatoms. The molecule has 2 saturated heterocycles. The van der Waals surface area contributed by atoms with E-state index in [0.29, 0.717) is 24.3 Å². The molecule has 0 aliphatic carbocycles. The lowest BCUT2D eigenvalue weighted by atomic mass is 10.0. The summed E-state index contributed by atoms with van der Waals surface area (Å²) in [5, 5.41) is 0. The first kappa shape index (κ1) is 20.5. The molecule has 1 aromatic carbocycles. The highest BCUT2D eigenvalue weighted by atomic mass is 19.4. The predicted octanol–water partition coefficient (Wildman–Crippen LogP) is 3.09. The first-order valence-electron chi connectivity index (χ1n) is 9.54. The first-order chi connectivity index (χ1) is 13.2. The number of likely N-dealkylation sites (tertiary alicyclic amines) is 2. The summed E-state index contributed by atoms with van der Waals surface area (Å²) in [6.45, 7) is 2.44. The summed E-state index contributed by atoms with van der Waals surface area (Å²) >= 11 is 0. The molecular formula is C20H25F3N2O3. The van der Waals surface area contributed by atoms with Crippen molar-refractivity contribution in [3.8, 4) is 5.75 Å². The van der Waals surface area contributed by atoms with E-state index in [1.54, 1.807) is 12.0 Å². The molecule has 2 atom stereocenters. The second-order valence-corrected chi connectivity index (χ2v) is 7.49. The number of halogens is 3. The highest BCUT2D eigenvalue weighted by molar-refractivity contribution is 5.90. The van der Waals surface area contributed by atoms with Gasteiger partial charge in [0, 0.05) is 19.1 Å². The van der Waals surface area contributed by atoms with Crippen molar-refractivity contribution in [3.05, 3.63) is 29.3 Å². The Bertz CT molecular complexity index is 751. The lowest BCUT2D eigenvalue weighted by molar-refractivity contribution is -0.187. The van der Waals surface area contributed by atoms with E-state index in [1.807, 2.05) is 25.1 Å². The molecule has 2 heterocycles. The summed E-state index contributed by atoms with van der Waals surface area (Å²) in [7, 11) is 1.61. The fourth-order valence-corrected chi connectivity index (χ4v) is 4.30. The van der Waals surface area contributed by atoms with E-state index in [-0.39, 0.29) is 24.9 Å². The van der Waals surface area contributed by atoms with Gasteiger partial charge in [-0.15, -0.1) is 0 Å². The van der Waals surface area contributed by atoms with Gasteiger partial charge in [-0.2, -0.15) is 13.2 Å². The number of aryl methyl sites for hydroxylation is 1. The molecule has 0 radical (unpaired) electrons. The Kier molecular flexibility index (Phi) is 5.86. The van der Waals surface area contributed by atoms with Crippen molar-refractivity contribution < 1.29 is 27.5 Å². The molecule has 28 heavy (non-hydrogen) atoms. The third-order valence-electron chi connectivity index (χ3n) is 5.63. The third-order valence-corrected chi connectivity index (χ3v) is 5.63. The van der Waals surface area contributed by atoms with Crippen LogP contribution in [0.15, 0.2) is 18.2 Å². The zero-order valence-corrected chi connectivity index (χ0v) is 16.1. The van der Waals surface area contributed by atoms with Gasteiger partial charge in [0.15, 0.2) is 0 Å². The molecule has 0 N–H and O–H groups in total. The van der Waals surface area contributed by atoms with Gasteiger partial charge >= 0.3 is 12.1 Å². The first-order valence-corrected chi connectivity index (χ1v) is 9.54. The van der Waals surface area contributed by atoms with E-state index in [2.05, 4.69) is 0 Å². The average Bonchev–Trinajstić information content (AvgIpc) is 3.29. The molecule has 2 fully saturated rings. The second kappa shape index (κ2) is 8.01. The van der Waals surface area contributed by atoms with Gasteiger partial charge in [0.1, 0.15) is 11.8 Å². The van der Waals surface area contributed by atoms with Crippen LogP contribution in [0.3, 0.4) is 0 Å². The van der Waals surface area contributed by atoms with Gasteiger partial charge in [0.05, 0.1) is 7.11 Å². The fourth-order valence-electron chi connectivity index (χ4n) is 4.30. The van der Waals surface area contributed by atoms with Crippen LogP contribution >= 0.6 is 0 Å². The minimum atomic E-state index is -4.95. The number of hydrogen-bond donors (Lipinski definition) is 0. The number of methoxy groups -OCH3 is 1. The molecular weight excluding hydrogens is 373 g/mol. The Hall–Kier alpha value is -2.25. The number of nitrogens with zero attached hydrogens (tertiary/aromatic N) is 2. The second-order valence-electron chi connectivity index (χ2n) is 7.49. The number of hydrogen-bond acceptors (Lipinski definition) is 3. The Morgan fingerprint density at radius 2 is 1.82 bits per heavy atom. The van der Waals surface area contributed by atoms with Crippen molar-refractivity contribution in [2.45, 2.75) is 57.3 Å². The molecule has 0 spiro atoms. The highest BCUT2D eigenvalue weighted by Crippen LogP contribution is 2.30. The van der Waals surface area contributed by atoms with Crippen LogP contribution in [0.5, 0.6) is 5.75 Å². The van der Waals surface area contributed by atoms with Crippen LogP contribution in [-0.4, -0.2) is 60.1 Å². The molecule has 2 amide bonds. The molecule has 154 valence electrons. The average molecular weight is 398 g/mol. The van der Waals surface area contributed by atoms with E-state index in [1.165, 1.54) is 0 Å². The van der Waals surface area contributed by atoms with Gasteiger partial charge in [-0.3, -0.25) is 9.59 Å². The summed E-state index contributed by atoms with van der Waals surface area (Å²) in [4.78, 5) is 27.1. The van der Waals surface area contributed by atoms with Crippen LogP contribution < -0.4 is 4.74 Å². The summed E-state index contributed by atoms with van der Waals surface area (Å²) in [6, 6.07) is 4.76. The molecule has 3 rings (SSSR count). The van der Waals surface area contributed by atoms with E-state index in [0.717, 1.165) is 29.7 Å². The molecule has 0 saturated carbocycles. The molecule has 1 aromatic rings. The summed E-state index contributed by atoms with van der Waals surface area (Å²) in [6.07, 6.45) is -2.01. The molecule has 0 aromatic heterocycles. The van der Waals surface area contributed by atoms with E-state index >= 15 is 0 Å². The maximum Gasteiger partial charge on any atom is 0.471 e. The summed E-state index contributed by atoms with van der Waals surface area (Å²) < 4.78 is 43.8. The Balaban J connectivity index is 1.72. The maximum atomic E-state index is 13.0. The van der Waals surface area contributed by atoms with Gasteiger partial charge in [0.2, 0.25) is 5.91 Å². The molecule has 2 aliphatic rings. The Labute approximate surface area is 162 Å². The smallest absolute Gasteiger partial charge is 0.471 e. The van der Waals surface area contributed by atoms with Gasteiger partial charge < -0.3 is 14.5 Å². The molecule has 2 unspecified atom stereocenters. The summed E-state index contributed by atoms with van der Waals surface area (Å²) in [5.41, 5.74) is 2.05. The van der Waals surface area contributed by atoms with Crippen LogP contribution in [0.1, 0.15) is 36.8 Å². The molecule has 5 nitrogen and oxygen atoms in total. The third kappa shape index (κ3) is 4.10. The van der Waals surface area contributed by atoms with Gasteiger partial charge in [-0.1, -0.05) is 12.1 Å². The number of alkyl halides is 3. The number of carbonyl (C=O) groups excluding carboxylic acids is 2. The number of ether oxygens (including phenoxy) is 1. The van der Waals surface area contributed by atoms with Gasteiger partial charge in [0.25, 0.3) is 0 Å². The van der Waals surface area contributed by atoms with Gasteiger partial charge in [-0.05, 0) is 56.2 Å². The zero-order chi connectivity index (χ0) is 20.5. The standard InChI is InChI=1S/C20H25F3N2O3/c1-13-11-14(7-8-17(13)28-2)12-15-5-3-9-24(15)18(26)16-6-4-10-25(16)19(27)20(21,22)23/h7-8,11,15-16H,3-6,9-10,12H2,1-2H3. The van der Waals surface area contributed by atoms with Crippen LogP contribution in [0.2, 0.25) is 0 Å². The van der Waals surface area contributed by atoms with Crippen molar-refractivity contribution >= 4 is 11.8 Å². The largest absolute Gasteiger partial charge is 0.496 e. The van der Waals surface area contributed by atoms with E-state index < -0.39 is 18.1 Å². The Morgan fingerprint density at radius 1 is 1.14 bits per heavy atom. The molecule has 2 aliphatic heterocycles. The Morgan fingerprint density at radius 3 is 2.46 bits per heavy atom. The summed E-state index contributed by atoms with van der Waals surface area (Å²) in [5.74, 6) is -1.48. The monoisotopic (exact) mass is 398 g/mol. The van der Waals surface area contributed by atoms with E-state index in [4.69, 9.17) is 4.74 Å². The van der Waals surface area contributed by atoms with Crippen molar-refractivity contribution in [1.82, 2.24) is 9.80 Å². The van der Waals surface area contributed by atoms with Crippen LogP contribution in [0.25, 0.3) is 0 Å². The minimum Gasteiger partial charge on any atom is -0.496 e. The van der Waals surface area contributed by atoms with Crippen molar-refractivity contribution in [2.75, 3.05) is 20.2 Å². The minimum absolute atomic E-state index is 0.0229. The maximum absolute atomic E-state index is 13.0. The number of benzene rings is 1. The van der Waals surface area contributed by atoms with Gasteiger partial charge in [-0.25, -0.2) is 0 Å². The highest BCUT2D eigenvalue weighted by Gasteiger charge is 2.49. The predicted molar refractivity (Wildman–Crippen MR) is 97.0 cm³/mol. The number of rotatable bonds is 4. The van der Waals surface area contributed by atoms with Crippen LogP contribution in [0.4, 0.5) is 13.2 Å². The van der Waals surface area contributed by atoms with Crippen LogP contribution in [-0.2, 0) is 16.0 Å². The number of carbonyl (C=O) groups is 2. The van der Waals surface area contributed by atoms with Crippen molar-refractivity contribution in [1.29, 1.82) is 0 Å². The zero-order valence-electron chi connectivity index (χ0n) is 16.1. The fraction of sp³-hybridized carbons (Fsp3) is 0.600. The SMILES string of the molecule is COc1ccc(CC2CCCN2C(=O)C2CCCN2C(=O)C(F)(F)F)cc1C. The topological polar surface area (TPSA) is 49.9 Å². The normalized spacial score (nSPS) is 22.6. The lowest BCUT2D eigenvalue weighted by Crippen LogP contribution is -2.52. The van der Waals surface area contributed by atoms with Crippen molar-refractivity contribution in [2.24, 2.45) is 0 Å². The lowest BCUT2D eigenvalue weighted by Gasteiger charge is -2.32. The quantitative estimate of drug-likeness (QED) is 0.783. The van der Waals surface area contributed by atoms with Crippen molar-refractivity contribution in [3.63, 3.8) is 0 Å². The van der Waals surface area contributed by atoms with Crippen LogP contribution in [0, 0.1) is 6.92 Å².